The van der Waals surface area contributed by atoms with Crippen molar-refractivity contribution in [2.45, 2.75) is 27.2 Å². The van der Waals surface area contributed by atoms with Gasteiger partial charge in [0.25, 0.3) is 5.91 Å². The van der Waals surface area contributed by atoms with Gasteiger partial charge in [0.2, 0.25) is 0 Å². The number of carbonyl (C=O) groups is 2. The molecule has 1 aromatic rings. The molecule has 1 amide bonds. The van der Waals surface area contributed by atoms with Crippen molar-refractivity contribution in [3.05, 3.63) is 35.6 Å². The van der Waals surface area contributed by atoms with Crippen LogP contribution in [0.2, 0.25) is 0 Å². The Morgan fingerprint density at radius 2 is 1.80 bits per heavy atom. The van der Waals surface area contributed by atoms with Gasteiger partial charge in [-0.15, -0.1) is 0 Å². The van der Waals surface area contributed by atoms with E-state index >= 15 is 0 Å². The number of nitrogens with one attached hydrogen (secondary N) is 1. The van der Waals surface area contributed by atoms with Crippen LogP contribution in [0.3, 0.4) is 0 Å². The highest BCUT2D eigenvalue weighted by Gasteiger charge is 2.25. The van der Waals surface area contributed by atoms with Crippen LogP contribution >= 0.6 is 0 Å². The standard InChI is InChI=1S/C15H20FNO3/c1-15(2,3)8-11(14(19)20)9-17-13(18)10-4-6-12(16)7-5-10/h4-7,11H,8-9H2,1-3H3,(H,17,18)(H,19,20). The van der Waals surface area contributed by atoms with Crippen LogP contribution in [0.4, 0.5) is 4.39 Å². The third-order valence-corrected chi connectivity index (χ3v) is 2.82. The van der Waals surface area contributed by atoms with Crippen LogP contribution in [0.1, 0.15) is 37.6 Å². The SMILES string of the molecule is CC(C)(C)CC(CNC(=O)c1ccc(F)cc1)C(=O)O. The maximum atomic E-state index is 12.7. The van der Waals surface area contributed by atoms with Crippen LogP contribution in [0.15, 0.2) is 24.3 Å². The number of carbonyl (C=O) groups excluding carboxylic acids is 1. The molecule has 1 atom stereocenters. The van der Waals surface area contributed by atoms with Crippen molar-refractivity contribution in [1.29, 1.82) is 0 Å². The van der Waals surface area contributed by atoms with Crippen molar-refractivity contribution in [2.75, 3.05) is 6.54 Å². The van der Waals surface area contributed by atoms with Crippen LogP contribution in [0.25, 0.3) is 0 Å². The Balaban J connectivity index is 2.61. The first-order valence-electron chi connectivity index (χ1n) is 6.45. The van der Waals surface area contributed by atoms with Crippen LogP contribution in [0.5, 0.6) is 0 Å². The first-order valence-corrected chi connectivity index (χ1v) is 6.45. The summed E-state index contributed by atoms with van der Waals surface area (Å²) in [5, 5.41) is 11.7. The van der Waals surface area contributed by atoms with Gasteiger partial charge in [0, 0.05) is 12.1 Å². The van der Waals surface area contributed by atoms with Crippen molar-refractivity contribution in [3.63, 3.8) is 0 Å². The van der Waals surface area contributed by atoms with E-state index in [1.54, 1.807) is 0 Å². The number of carboxylic acid groups (broad SMARTS) is 1. The average Bonchev–Trinajstić information content (AvgIpc) is 2.33. The van der Waals surface area contributed by atoms with Crippen LogP contribution in [0, 0.1) is 17.2 Å². The van der Waals surface area contributed by atoms with E-state index in [-0.39, 0.29) is 12.0 Å². The average molecular weight is 281 g/mol. The molecule has 5 heteroatoms. The number of hydrogen-bond acceptors (Lipinski definition) is 2. The van der Waals surface area contributed by atoms with Gasteiger partial charge in [-0.1, -0.05) is 20.8 Å². The largest absolute Gasteiger partial charge is 0.481 e. The molecule has 0 heterocycles. The molecule has 1 aromatic carbocycles. The predicted octanol–water partition coefficient (Wildman–Crippen LogP) is 2.69. The topological polar surface area (TPSA) is 66.4 Å². The van der Waals surface area contributed by atoms with Gasteiger partial charge < -0.3 is 10.4 Å². The second kappa shape index (κ2) is 6.50. The monoisotopic (exact) mass is 281 g/mol. The van der Waals surface area contributed by atoms with Crippen molar-refractivity contribution in [3.8, 4) is 0 Å². The van der Waals surface area contributed by atoms with Crippen LogP contribution < -0.4 is 5.32 Å². The summed E-state index contributed by atoms with van der Waals surface area (Å²) >= 11 is 0. The molecular weight excluding hydrogens is 261 g/mol. The van der Waals surface area contributed by atoms with E-state index in [1.165, 1.54) is 24.3 Å². The molecule has 0 aromatic heterocycles. The molecule has 110 valence electrons. The van der Waals surface area contributed by atoms with E-state index in [0.717, 1.165) is 0 Å². The molecule has 0 aliphatic carbocycles. The number of hydrogen-bond donors (Lipinski definition) is 2. The summed E-state index contributed by atoms with van der Waals surface area (Å²) in [5.41, 5.74) is 0.176. The molecule has 2 N–H and O–H groups in total. The van der Waals surface area contributed by atoms with Gasteiger partial charge in [0.1, 0.15) is 5.82 Å². The molecule has 0 aliphatic rings. The summed E-state index contributed by atoms with van der Waals surface area (Å²) in [6.07, 6.45) is 0.464. The Kier molecular flexibility index (Phi) is 5.25. The Labute approximate surface area is 118 Å². The van der Waals surface area contributed by atoms with E-state index in [0.29, 0.717) is 12.0 Å². The highest BCUT2D eigenvalue weighted by Crippen LogP contribution is 2.24. The molecule has 0 saturated carbocycles. The number of aliphatic carboxylic acids is 1. The fourth-order valence-electron chi connectivity index (χ4n) is 1.91. The first-order chi connectivity index (χ1) is 9.19. The highest BCUT2D eigenvalue weighted by molar-refractivity contribution is 5.94. The van der Waals surface area contributed by atoms with Crippen molar-refractivity contribution >= 4 is 11.9 Å². The maximum absolute atomic E-state index is 12.7. The first kappa shape index (κ1) is 16.1. The van der Waals surface area contributed by atoms with Crippen molar-refractivity contribution < 1.29 is 19.1 Å². The molecule has 0 spiro atoms. The van der Waals surface area contributed by atoms with Gasteiger partial charge in [-0.2, -0.15) is 0 Å². The lowest BCUT2D eigenvalue weighted by atomic mass is 9.84. The minimum atomic E-state index is -0.931. The molecule has 1 unspecified atom stereocenters. The van der Waals surface area contributed by atoms with E-state index in [4.69, 9.17) is 5.11 Å². The van der Waals surface area contributed by atoms with Gasteiger partial charge in [-0.25, -0.2) is 4.39 Å². The number of carboxylic acids is 1. The molecule has 0 fully saturated rings. The molecule has 0 aliphatic heterocycles. The van der Waals surface area contributed by atoms with Crippen LogP contribution in [-0.4, -0.2) is 23.5 Å². The normalized spacial score (nSPS) is 12.8. The minimum Gasteiger partial charge on any atom is -0.481 e. The Morgan fingerprint density at radius 3 is 2.25 bits per heavy atom. The van der Waals surface area contributed by atoms with Crippen molar-refractivity contribution in [2.24, 2.45) is 11.3 Å². The molecule has 1 rings (SSSR count). The molecule has 0 bridgehead atoms. The molecule has 20 heavy (non-hydrogen) atoms. The summed E-state index contributed by atoms with van der Waals surface area (Å²) in [4.78, 5) is 23.0. The smallest absolute Gasteiger partial charge is 0.308 e. The van der Waals surface area contributed by atoms with Crippen molar-refractivity contribution in [1.82, 2.24) is 5.32 Å². The van der Waals surface area contributed by atoms with Gasteiger partial charge in [0.15, 0.2) is 0 Å². The predicted molar refractivity (Wildman–Crippen MR) is 73.9 cm³/mol. The fraction of sp³-hybridized carbons (Fsp3) is 0.467. The minimum absolute atomic E-state index is 0.0583. The Bertz CT molecular complexity index is 477. The second-order valence-electron chi connectivity index (χ2n) is 6.02. The van der Waals surface area contributed by atoms with Gasteiger partial charge >= 0.3 is 5.97 Å². The zero-order valence-corrected chi connectivity index (χ0v) is 11.9. The quantitative estimate of drug-likeness (QED) is 0.872. The Morgan fingerprint density at radius 1 is 1.25 bits per heavy atom. The highest BCUT2D eigenvalue weighted by atomic mass is 19.1. The van der Waals surface area contributed by atoms with E-state index < -0.39 is 23.6 Å². The lowest BCUT2D eigenvalue weighted by molar-refractivity contribution is -0.142. The maximum Gasteiger partial charge on any atom is 0.308 e. The van der Waals surface area contributed by atoms with Gasteiger partial charge in [-0.05, 0) is 36.1 Å². The van der Waals surface area contributed by atoms with E-state index in [2.05, 4.69) is 5.32 Å². The molecule has 0 radical (unpaired) electrons. The fourth-order valence-corrected chi connectivity index (χ4v) is 1.91. The summed E-state index contributed by atoms with van der Waals surface area (Å²) in [6.45, 7) is 5.91. The molecule has 4 nitrogen and oxygen atoms in total. The third-order valence-electron chi connectivity index (χ3n) is 2.82. The summed E-state index contributed by atoms with van der Waals surface area (Å²) in [7, 11) is 0. The number of halogens is 1. The number of benzene rings is 1. The number of amides is 1. The molecular formula is C15H20FNO3. The third kappa shape index (κ3) is 5.38. The zero-order valence-electron chi connectivity index (χ0n) is 11.9. The lowest BCUT2D eigenvalue weighted by Crippen LogP contribution is -2.35. The van der Waals surface area contributed by atoms with E-state index in [1.807, 2.05) is 20.8 Å². The van der Waals surface area contributed by atoms with Gasteiger partial charge in [-0.3, -0.25) is 9.59 Å². The lowest BCUT2D eigenvalue weighted by Gasteiger charge is -2.23. The summed E-state index contributed by atoms with van der Waals surface area (Å²) < 4.78 is 12.7. The summed E-state index contributed by atoms with van der Waals surface area (Å²) in [6, 6.07) is 5.12. The van der Waals surface area contributed by atoms with E-state index in [9.17, 15) is 14.0 Å². The van der Waals surface area contributed by atoms with Gasteiger partial charge in [0.05, 0.1) is 5.92 Å². The second-order valence-corrected chi connectivity index (χ2v) is 6.02. The summed E-state index contributed by atoms with van der Waals surface area (Å²) in [5.74, 6) is -2.39. The molecule has 0 saturated heterocycles. The number of rotatable bonds is 5. The van der Waals surface area contributed by atoms with Crippen LogP contribution in [-0.2, 0) is 4.79 Å². The zero-order chi connectivity index (χ0) is 15.3. The Hall–Kier alpha value is -1.91.